The maximum atomic E-state index is 10.8. The molecule has 0 amide bonds. The van der Waals surface area contributed by atoms with Gasteiger partial charge in [0, 0.05) is 25.2 Å². The van der Waals surface area contributed by atoms with Crippen LogP contribution in [0.5, 0.6) is 5.75 Å². The summed E-state index contributed by atoms with van der Waals surface area (Å²) in [5, 5.41) is 26.1. The number of carboxylic acids is 1. The number of hydrogen-bond acceptors (Lipinski definition) is 5. The Morgan fingerprint density at radius 1 is 1.43 bits per heavy atom. The number of aromatic nitrogens is 3. The minimum absolute atomic E-state index is 0.0372. The fourth-order valence-electron chi connectivity index (χ4n) is 2.47. The number of carboxylic acid groups (broad SMARTS) is 1. The van der Waals surface area contributed by atoms with Gasteiger partial charge in [0.1, 0.15) is 5.75 Å². The van der Waals surface area contributed by atoms with Gasteiger partial charge in [0.2, 0.25) is 0 Å². The van der Waals surface area contributed by atoms with Gasteiger partial charge < -0.3 is 10.2 Å². The molecule has 7 nitrogen and oxygen atoms in total. The Bertz CT molecular complexity index is 677. The predicted molar refractivity (Wildman–Crippen MR) is 74.1 cm³/mol. The lowest BCUT2D eigenvalue weighted by atomic mass is 10.1. The van der Waals surface area contributed by atoms with Crippen molar-refractivity contribution in [2.45, 2.75) is 19.5 Å². The molecule has 7 heteroatoms. The summed E-state index contributed by atoms with van der Waals surface area (Å²) in [6, 6.07) is 5.69. The van der Waals surface area contributed by atoms with Gasteiger partial charge in [-0.25, -0.2) is 9.48 Å². The zero-order chi connectivity index (χ0) is 15.0. The number of hydrogen-bond donors (Lipinski definition) is 2. The first-order chi connectivity index (χ1) is 10.0. The number of benzene rings is 1. The SMILES string of the molecule is Cc1ccc(O)c(CN2CC(n3cc(C(=O)O)nn3)C2)c1. The molecule has 1 saturated heterocycles. The van der Waals surface area contributed by atoms with Crippen LogP contribution in [0.1, 0.15) is 27.7 Å². The summed E-state index contributed by atoms with van der Waals surface area (Å²) in [5.74, 6) is -0.764. The predicted octanol–water partition coefficient (Wildman–Crippen LogP) is 1.05. The molecule has 2 heterocycles. The highest BCUT2D eigenvalue weighted by Crippen LogP contribution is 2.26. The number of likely N-dealkylation sites (tertiary alicyclic amines) is 1. The van der Waals surface area contributed by atoms with E-state index < -0.39 is 5.97 Å². The lowest BCUT2D eigenvalue weighted by molar-refractivity contribution is 0.0690. The van der Waals surface area contributed by atoms with Crippen molar-refractivity contribution in [3.05, 3.63) is 41.2 Å². The number of phenols is 1. The monoisotopic (exact) mass is 288 g/mol. The largest absolute Gasteiger partial charge is 0.508 e. The Kier molecular flexibility index (Phi) is 3.34. The van der Waals surface area contributed by atoms with Crippen molar-refractivity contribution < 1.29 is 15.0 Å². The van der Waals surface area contributed by atoms with Crippen molar-refractivity contribution >= 4 is 5.97 Å². The molecule has 1 aromatic heterocycles. The van der Waals surface area contributed by atoms with Crippen LogP contribution in [0, 0.1) is 6.92 Å². The third kappa shape index (κ3) is 2.73. The van der Waals surface area contributed by atoms with Crippen LogP contribution in [0.3, 0.4) is 0 Å². The zero-order valence-electron chi connectivity index (χ0n) is 11.6. The second-order valence-corrected chi connectivity index (χ2v) is 5.37. The van der Waals surface area contributed by atoms with Gasteiger partial charge >= 0.3 is 5.97 Å². The summed E-state index contributed by atoms with van der Waals surface area (Å²) in [7, 11) is 0. The number of aromatic hydroxyl groups is 1. The van der Waals surface area contributed by atoms with Crippen molar-refractivity contribution in [2.24, 2.45) is 0 Å². The van der Waals surface area contributed by atoms with Crippen molar-refractivity contribution in [2.75, 3.05) is 13.1 Å². The fourth-order valence-corrected chi connectivity index (χ4v) is 2.47. The first kappa shape index (κ1) is 13.6. The minimum Gasteiger partial charge on any atom is -0.508 e. The van der Waals surface area contributed by atoms with Gasteiger partial charge in [-0.05, 0) is 13.0 Å². The van der Waals surface area contributed by atoms with E-state index in [2.05, 4.69) is 15.2 Å². The smallest absolute Gasteiger partial charge is 0.358 e. The first-order valence-corrected chi connectivity index (χ1v) is 6.69. The summed E-state index contributed by atoms with van der Waals surface area (Å²) < 4.78 is 1.59. The summed E-state index contributed by atoms with van der Waals surface area (Å²) in [5.41, 5.74) is 1.98. The van der Waals surface area contributed by atoms with Gasteiger partial charge in [-0.3, -0.25) is 4.90 Å². The molecule has 0 unspecified atom stereocenters. The molecule has 2 N–H and O–H groups in total. The molecule has 2 aromatic rings. The van der Waals surface area contributed by atoms with E-state index in [9.17, 15) is 9.90 Å². The molecule has 0 aliphatic carbocycles. The van der Waals surface area contributed by atoms with Gasteiger partial charge in [0.25, 0.3) is 0 Å². The average molecular weight is 288 g/mol. The van der Waals surface area contributed by atoms with Crippen molar-refractivity contribution in [3.8, 4) is 5.75 Å². The lowest BCUT2D eigenvalue weighted by Crippen LogP contribution is -2.47. The molecule has 1 aromatic carbocycles. The highest BCUT2D eigenvalue weighted by Gasteiger charge is 2.30. The molecule has 0 bridgehead atoms. The van der Waals surface area contributed by atoms with Crippen LogP contribution >= 0.6 is 0 Å². The van der Waals surface area contributed by atoms with Crippen molar-refractivity contribution in [1.82, 2.24) is 19.9 Å². The molecule has 1 aliphatic heterocycles. The van der Waals surface area contributed by atoms with Gasteiger partial charge in [-0.1, -0.05) is 22.9 Å². The molecular weight excluding hydrogens is 272 g/mol. The van der Waals surface area contributed by atoms with E-state index in [1.165, 1.54) is 6.20 Å². The molecule has 0 spiro atoms. The van der Waals surface area contributed by atoms with Crippen LogP contribution in [0.25, 0.3) is 0 Å². The standard InChI is InChI=1S/C14H16N4O3/c1-9-2-3-13(19)10(4-9)5-17-6-11(7-17)18-8-12(14(20)21)15-16-18/h2-4,8,11,19H,5-7H2,1H3,(H,20,21). The van der Waals surface area contributed by atoms with E-state index in [0.717, 1.165) is 24.2 Å². The van der Waals surface area contributed by atoms with Gasteiger partial charge in [-0.2, -0.15) is 0 Å². The molecule has 21 heavy (non-hydrogen) atoms. The van der Waals surface area contributed by atoms with Crippen LogP contribution in [-0.4, -0.2) is 49.2 Å². The number of rotatable bonds is 4. The highest BCUT2D eigenvalue weighted by atomic mass is 16.4. The molecule has 0 radical (unpaired) electrons. The average Bonchev–Trinajstić information content (AvgIpc) is 2.86. The third-order valence-electron chi connectivity index (χ3n) is 3.67. The molecule has 110 valence electrons. The van der Waals surface area contributed by atoms with E-state index >= 15 is 0 Å². The van der Waals surface area contributed by atoms with Gasteiger partial charge in [0.05, 0.1) is 12.2 Å². The maximum Gasteiger partial charge on any atom is 0.358 e. The van der Waals surface area contributed by atoms with E-state index in [1.54, 1.807) is 10.7 Å². The molecule has 0 atom stereocenters. The molecule has 1 aliphatic rings. The van der Waals surface area contributed by atoms with E-state index in [1.807, 2.05) is 19.1 Å². The number of carbonyl (C=O) groups is 1. The Labute approximate surface area is 121 Å². The lowest BCUT2D eigenvalue weighted by Gasteiger charge is -2.39. The number of nitrogens with zero attached hydrogens (tertiary/aromatic N) is 4. The summed E-state index contributed by atoms with van der Waals surface area (Å²) in [4.78, 5) is 12.9. The Balaban J connectivity index is 1.60. The Hall–Kier alpha value is -2.41. The molecular formula is C14H16N4O3. The van der Waals surface area contributed by atoms with Crippen molar-refractivity contribution in [3.63, 3.8) is 0 Å². The quantitative estimate of drug-likeness (QED) is 0.873. The minimum atomic E-state index is -1.07. The number of aromatic carboxylic acids is 1. The Morgan fingerprint density at radius 3 is 2.86 bits per heavy atom. The first-order valence-electron chi connectivity index (χ1n) is 6.69. The topological polar surface area (TPSA) is 91.5 Å². The van der Waals surface area contributed by atoms with E-state index in [0.29, 0.717) is 12.3 Å². The second-order valence-electron chi connectivity index (χ2n) is 5.37. The van der Waals surface area contributed by atoms with E-state index in [-0.39, 0.29) is 11.7 Å². The molecule has 0 saturated carbocycles. The maximum absolute atomic E-state index is 10.8. The fraction of sp³-hybridized carbons (Fsp3) is 0.357. The van der Waals surface area contributed by atoms with Gasteiger partial charge in [-0.15, -0.1) is 5.10 Å². The van der Waals surface area contributed by atoms with Crippen molar-refractivity contribution in [1.29, 1.82) is 0 Å². The summed E-state index contributed by atoms with van der Waals surface area (Å²) in [6.45, 7) is 4.18. The molecule has 3 rings (SSSR count). The normalized spacial score (nSPS) is 15.9. The van der Waals surface area contributed by atoms with Crippen LogP contribution in [0.4, 0.5) is 0 Å². The highest BCUT2D eigenvalue weighted by molar-refractivity contribution is 5.84. The van der Waals surface area contributed by atoms with Crippen LogP contribution in [-0.2, 0) is 6.54 Å². The molecule has 1 fully saturated rings. The number of aryl methyl sites for hydroxylation is 1. The summed E-state index contributed by atoms with van der Waals surface area (Å²) in [6.07, 6.45) is 1.45. The van der Waals surface area contributed by atoms with E-state index in [4.69, 9.17) is 5.11 Å². The zero-order valence-corrected chi connectivity index (χ0v) is 11.6. The van der Waals surface area contributed by atoms with Crippen LogP contribution < -0.4 is 0 Å². The Morgan fingerprint density at radius 2 is 2.19 bits per heavy atom. The van der Waals surface area contributed by atoms with Gasteiger partial charge in [0.15, 0.2) is 5.69 Å². The number of phenolic OH excluding ortho intramolecular Hbond substituents is 1. The summed E-state index contributed by atoms with van der Waals surface area (Å²) >= 11 is 0. The van der Waals surface area contributed by atoms with Crippen LogP contribution in [0.2, 0.25) is 0 Å². The third-order valence-corrected chi connectivity index (χ3v) is 3.67. The van der Waals surface area contributed by atoms with Crippen LogP contribution in [0.15, 0.2) is 24.4 Å². The second kappa shape index (κ2) is 5.17.